The van der Waals surface area contributed by atoms with Crippen LogP contribution in [0.3, 0.4) is 0 Å². The topological polar surface area (TPSA) is 71.0 Å². The molecule has 0 saturated heterocycles. The summed E-state index contributed by atoms with van der Waals surface area (Å²) in [6, 6.07) is 12.1. The fourth-order valence-corrected chi connectivity index (χ4v) is 1.81. The molecule has 0 bridgehead atoms. The maximum atomic E-state index is 9.70. The van der Waals surface area contributed by atoms with Gasteiger partial charge in [0.15, 0.2) is 0 Å². The highest BCUT2D eigenvalue weighted by Gasteiger charge is 2.02. The van der Waals surface area contributed by atoms with Crippen molar-refractivity contribution in [2.24, 2.45) is 0 Å². The first kappa shape index (κ1) is 15.0. The molecule has 0 saturated carbocycles. The van der Waals surface area contributed by atoms with Gasteiger partial charge in [0.25, 0.3) is 0 Å². The molecule has 0 heterocycles. The number of phenolic OH excluding ortho intramolecular Hbond substituents is 2. The zero-order valence-electron chi connectivity index (χ0n) is 11.9. The van der Waals surface area contributed by atoms with E-state index >= 15 is 0 Å². The van der Waals surface area contributed by atoms with Crippen molar-refractivity contribution in [3.8, 4) is 17.2 Å². The number of nitrogens with one attached hydrogen (secondary N) is 1. The van der Waals surface area contributed by atoms with E-state index in [-0.39, 0.29) is 11.5 Å². The number of hydrogen-bond donors (Lipinski definition) is 3. The summed E-state index contributed by atoms with van der Waals surface area (Å²) in [7, 11) is 1.63. The molecule has 2 aromatic rings. The lowest BCUT2D eigenvalue weighted by molar-refractivity contribution is 0.146. The minimum absolute atomic E-state index is 0.0498. The van der Waals surface area contributed by atoms with Gasteiger partial charge in [-0.3, -0.25) is 0 Å². The summed E-state index contributed by atoms with van der Waals surface area (Å²) in [6.45, 7) is 1.54. The zero-order chi connectivity index (χ0) is 15.1. The molecule has 0 aliphatic heterocycles. The molecular weight excluding hydrogens is 270 g/mol. The Morgan fingerprint density at radius 3 is 2.43 bits per heavy atom. The summed E-state index contributed by atoms with van der Waals surface area (Å²) >= 11 is 0. The van der Waals surface area contributed by atoms with Gasteiger partial charge in [-0.25, -0.2) is 0 Å². The first-order chi connectivity index (χ1) is 10.2. The van der Waals surface area contributed by atoms with Gasteiger partial charge in [-0.05, 0) is 36.4 Å². The molecule has 5 heteroatoms. The SMILES string of the molecule is COCCOc1ccc(NCc2ccc(O)cc2O)cc1. The Bertz CT molecular complexity index is 569. The monoisotopic (exact) mass is 289 g/mol. The third-order valence-electron chi connectivity index (χ3n) is 2.96. The van der Waals surface area contributed by atoms with Crippen molar-refractivity contribution in [2.45, 2.75) is 6.54 Å². The van der Waals surface area contributed by atoms with Crippen molar-refractivity contribution in [1.82, 2.24) is 0 Å². The van der Waals surface area contributed by atoms with Crippen LogP contribution in [-0.4, -0.2) is 30.5 Å². The van der Waals surface area contributed by atoms with Crippen LogP contribution in [0.15, 0.2) is 42.5 Å². The second-order valence-corrected chi connectivity index (χ2v) is 4.53. The molecule has 0 aromatic heterocycles. The lowest BCUT2D eigenvalue weighted by atomic mass is 10.2. The average molecular weight is 289 g/mol. The molecule has 112 valence electrons. The summed E-state index contributed by atoms with van der Waals surface area (Å²) < 4.78 is 10.4. The fourth-order valence-electron chi connectivity index (χ4n) is 1.81. The van der Waals surface area contributed by atoms with Gasteiger partial charge >= 0.3 is 0 Å². The first-order valence-corrected chi connectivity index (χ1v) is 6.65. The van der Waals surface area contributed by atoms with E-state index < -0.39 is 0 Å². The molecule has 0 fully saturated rings. The Kier molecular flexibility index (Phi) is 5.29. The number of ether oxygens (including phenoxy) is 2. The molecule has 0 aliphatic carbocycles. The van der Waals surface area contributed by atoms with Crippen LogP contribution >= 0.6 is 0 Å². The fraction of sp³-hybridized carbons (Fsp3) is 0.250. The molecule has 0 unspecified atom stereocenters. The van der Waals surface area contributed by atoms with Gasteiger partial charge in [0.2, 0.25) is 0 Å². The number of methoxy groups -OCH3 is 1. The van der Waals surface area contributed by atoms with Gasteiger partial charge in [0.1, 0.15) is 23.9 Å². The molecule has 21 heavy (non-hydrogen) atoms. The van der Waals surface area contributed by atoms with Crippen LogP contribution in [0.1, 0.15) is 5.56 Å². The summed E-state index contributed by atoms with van der Waals surface area (Å²) in [5.41, 5.74) is 1.63. The third kappa shape index (κ3) is 4.57. The predicted octanol–water partition coefficient (Wildman–Crippen LogP) is 2.74. The molecule has 0 aliphatic rings. The molecule has 0 amide bonds. The van der Waals surface area contributed by atoms with Crippen molar-refractivity contribution in [3.63, 3.8) is 0 Å². The van der Waals surface area contributed by atoms with E-state index in [2.05, 4.69) is 5.32 Å². The van der Waals surface area contributed by atoms with Gasteiger partial charge in [0.05, 0.1) is 6.61 Å². The second kappa shape index (κ2) is 7.40. The van der Waals surface area contributed by atoms with Crippen molar-refractivity contribution in [2.75, 3.05) is 25.6 Å². The van der Waals surface area contributed by atoms with Gasteiger partial charge in [-0.1, -0.05) is 0 Å². The van der Waals surface area contributed by atoms with E-state index in [4.69, 9.17) is 9.47 Å². The van der Waals surface area contributed by atoms with E-state index in [0.29, 0.717) is 25.3 Å². The van der Waals surface area contributed by atoms with E-state index in [0.717, 1.165) is 11.4 Å². The first-order valence-electron chi connectivity index (χ1n) is 6.65. The second-order valence-electron chi connectivity index (χ2n) is 4.53. The highest BCUT2D eigenvalue weighted by molar-refractivity contribution is 5.48. The highest BCUT2D eigenvalue weighted by Crippen LogP contribution is 2.24. The normalized spacial score (nSPS) is 10.3. The summed E-state index contributed by atoms with van der Waals surface area (Å²) in [5, 5.41) is 22.1. The Morgan fingerprint density at radius 2 is 1.76 bits per heavy atom. The van der Waals surface area contributed by atoms with E-state index in [9.17, 15) is 10.2 Å². The molecule has 2 rings (SSSR count). The maximum absolute atomic E-state index is 9.70. The molecule has 2 aromatic carbocycles. The van der Waals surface area contributed by atoms with Crippen LogP contribution in [0.4, 0.5) is 5.69 Å². The van der Waals surface area contributed by atoms with Crippen LogP contribution < -0.4 is 10.1 Å². The van der Waals surface area contributed by atoms with Gasteiger partial charge in [-0.15, -0.1) is 0 Å². The Balaban J connectivity index is 1.88. The Labute approximate surface area is 123 Å². The van der Waals surface area contributed by atoms with Crippen molar-refractivity contribution in [1.29, 1.82) is 0 Å². The largest absolute Gasteiger partial charge is 0.508 e. The van der Waals surface area contributed by atoms with Gasteiger partial charge in [0, 0.05) is 31.0 Å². The number of phenols is 2. The number of hydrogen-bond acceptors (Lipinski definition) is 5. The highest BCUT2D eigenvalue weighted by atomic mass is 16.5. The quantitative estimate of drug-likeness (QED) is 0.684. The van der Waals surface area contributed by atoms with E-state index in [1.54, 1.807) is 19.2 Å². The molecule has 0 atom stereocenters. The van der Waals surface area contributed by atoms with Crippen LogP contribution in [0.5, 0.6) is 17.2 Å². The smallest absolute Gasteiger partial charge is 0.124 e. The maximum Gasteiger partial charge on any atom is 0.124 e. The minimum atomic E-state index is 0.0498. The van der Waals surface area contributed by atoms with Crippen molar-refractivity contribution >= 4 is 5.69 Å². The summed E-state index contributed by atoms with van der Waals surface area (Å²) in [5.74, 6) is 0.904. The van der Waals surface area contributed by atoms with Crippen LogP contribution in [0.2, 0.25) is 0 Å². The van der Waals surface area contributed by atoms with Crippen molar-refractivity contribution < 1.29 is 19.7 Å². The summed E-state index contributed by atoms with van der Waals surface area (Å²) in [4.78, 5) is 0. The van der Waals surface area contributed by atoms with E-state index in [1.165, 1.54) is 6.07 Å². The average Bonchev–Trinajstić information content (AvgIpc) is 2.48. The molecule has 5 nitrogen and oxygen atoms in total. The predicted molar refractivity (Wildman–Crippen MR) is 80.9 cm³/mol. The Hall–Kier alpha value is -2.40. The third-order valence-corrected chi connectivity index (χ3v) is 2.96. The standard InChI is InChI=1S/C16H19NO4/c1-20-8-9-21-15-6-3-13(4-7-15)17-11-12-2-5-14(18)10-16(12)19/h2-7,10,17-19H,8-9,11H2,1H3. The van der Waals surface area contributed by atoms with Crippen LogP contribution in [0.25, 0.3) is 0 Å². The number of aromatic hydroxyl groups is 2. The van der Waals surface area contributed by atoms with Gasteiger partial charge < -0.3 is 25.0 Å². The lowest BCUT2D eigenvalue weighted by Gasteiger charge is -2.10. The number of rotatable bonds is 7. The zero-order valence-corrected chi connectivity index (χ0v) is 11.9. The minimum Gasteiger partial charge on any atom is -0.508 e. The molecule has 3 N–H and O–H groups in total. The Morgan fingerprint density at radius 1 is 1.00 bits per heavy atom. The van der Waals surface area contributed by atoms with E-state index in [1.807, 2.05) is 24.3 Å². The molecular formula is C16H19NO4. The van der Waals surface area contributed by atoms with Crippen LogP contribution in [0, 0.1) is 0 Å². The van der Waals surface area contributed by atoms with Crippen LogP contribution in [-0.2, 0) is 11.3 Å². The lowest BCUT2D eigenvalue weighted by Crippen LogP contribution is -2.04. The molecule has 0 spiro atoms. The summed E-state index contributed by atoms with van der Waals surface area (Å²) in [6.07, 6.45) is 0. The number of benzene rings is 2. The molecule has 0 radical (unpaired) electrons. The number of anilines is 1. The van der Waals surface area contributed by atoms with Crippen molar-refractivity contribution in [3.05, 3.63) is 48.0 Å². The van der Waals surface area contributed by atoms with Gasteiger partial charge in [-0.2, -0.15) is 0 Å².